The number of para-hydroxylation sites is 1. The van der Waals surface area contributed by atoms with E-state index in [1.807, 2.05) is 18.2 Å². The van der Waals surface area contributed by atoms with Crippen molar-refractivity contribution in [1.82, 2.24) is 14.6 Å². The zero-order valence-corrected chi connectivity index (χ0v) is 11.8. The number of hydrogen-bond acceptors (Lipinski definition) is 3. The standard InChI is InChI=1S/C16H13N3S/c1-10(15-11-6-2-4-8-13(11)17-18-15)16-12-7-3-5-9-14(12)20-19-16/h2-10H,1H3,(H,17,18). The summed E-state index contributed by atoms with van der Waals surface area (Å²) in [5.74, 6) is 0.207. The van der Waals surface area contributed by atoms with E-state index in [0.29, 0.717) is 0 Å². The minimum Gasteiger partial charge on any atom is -0.281 e. The Balaban J connectivity index is 1.90. The summed E-state index contributed by atoms with van der Waals surface area (Å²) in [4.78, 5) is 0. The molecule has 2 heterocycles. The molecule has 0 aliphatic heterocycles. The molecule has 2 aromatic carbocycles. The Hall–Kier alpha value is -2.20. The Morgan fingerprint density at radius 1 is 1.00 bits per heavy atom. The highest BCUT2D eigenvalue weighted by Gasteiger charge is 2.19. The van der Waals surface area contributed by atoms with Crippen molar-refractivity contribution in [2.45, 2.75) is 12.8 Å². The summed E-state index contributed by atoms with van der Waals surface area (Å²) in [5, 5.41) is 9.98. The molecule has 0 aliphatic rings. The molecule has 3 nitrogen and oxygen atoms in total. The second-order valence-electron chi connectivity index (χ2n) is 4.94. The summed E-state index contributed by atoms with van der Waals surface area (Å²) in [6, 6.07) is 16.6. The van der Waals surface area contributed by atoms with Crippen LogP contribution in [-0.4, -0.2) is 14.6 Å². The van der Waals surface area contributed by atoms with Crippen LogP contribution < -0.4 is 0 Å². The molecule has 20 heavy (non-hydrogen) atoms. The molecule has 0 bridgehead atoms. The molecule has 1 atom stereocenters. The number of fused-ring (bicyclic) bond motifs is 2. The minimum atomic E-state index is 0.207. The van der Waals surface area contributed by atoms with Crippen LogP contribution in [0.1, 0.15) is 24.2 Å². The van der Waals surface area contributed by atoms with Crippen LogP contribution in [0.5, 0.6) is 0 Å². The molecule has 1 unspecified atom stereocenters. The van der Waals surface area contributed by atoms with Gasteiger partial charge >= 0.3 is 0 Å². The lowest BCUT2D eigenvalue weighted by Crippen LogP contribution is -1.98. The molecule has 0 spiro atoms. The maximum Gasteiger partial charge on any atom is 0.0923 e. The number of nitrogens with one attached hydrogen (secondary N) is 1. The van der Waals surface area contributed by atoms with Crippen LogP contribution in [0.2, 0.25) is 0 Å². The van der Waals surface area contributed by atoms with E-state index in [1.54, 1.807) is 11.5 Å². The molecule has 2 aromatic heterocycles. The summed E-state index contributed by atoms with van der Waals surface area (Å²) < 4.78 is 5.89. The van der Waals surface area contributed by atoms with E-state index in [1.165, 1.54) is 15.5 Å². The van der Waals surface area contributed by atoms with Gasteiger partial charge in [-0.15, -0.1) is 0 Å². The van der Waals surface area contributed by atoms with Crippen molar-refractivity contribution in [2.75, 3.05) is 0 Å². The summed E-state index contributed by atoms with van der Waals surface area (Å²) >= 11 is 1.56. The number of rotatable bonds is 2. The lowest BCUT2D eigenvalue weighted by atomic mass is 9.98. The van der Waals surface area contributed by atoms with E-state index in [0.717, 1.165) is 16.9 Å². The van der Waals surface area contributed by atoms with Gasteiger partial charge in [0.2, 0.25) is 0 Å². The zero-order chi connectivity index (χ0) is 13.5. The van der Waals surface area contributed by atoms with Crippen molar-refractivity contribution in [3.8, 4) is 0 Å². The van der Waals surface area contributed by atoms with Gasteiger partial charge in [-0.3, -0.25) is 5.10 Å². The lowest BCUT2D eigenvalue weighted by Gasteiger charge is -2.07. The van der Waals surface area contributed by atoms with Crippen LogP contribution in [0.25, 0.3) is 21.0 Å². The smallest absolute Gasteiger partial charge is 0.0923 e. The number of H-pyrrole nitrogens is 1. The number of aromatic amines is 1. The highest BCUT2D eigenvalue weighted by Crippen LogP contribution is 2.33. The molecule has 0 fully saturated rings. The molecule has 4 aromatic rings. The normalized spacial score (nSPS) is 13.1. The van der Waals surface area contributed by atoms with E-state index in [2.05, 4.69) is 51.8 Å². The Labute approximate surface area is 120 Å². The fourth-order valence-corrected chi connectivity index (χ4v) is 3.53. The number of hydrogen-bond donors (Lipinski definition) is 1. The van der Waals surface area contributed by atoms with Crippen LogP contribution in [0.3, 0.4) is 0 Å². The van der Waals surface area contributed by atoms with Crippen LogP contribution in [0, 0.1) is 0 Å². The highest BCUT2D eigenvalue weighted by atomic mass is 32.1. The summed E-state index contributed by atoms with van der Waals surface area (Å²) in [5.41, 5.74) is 3.27. The molecule has 98 valence electrons. The number of benzene rings is 2. The monoisotopic (exact) mass is 279 g/mol. The Kier molecular flexibility index (Phi) is 2.57. The molecule has 4 rings (SSSR count). The van der Waals surface area contributed by atoms with Crippen LogP contribution >= 0.6 is 11.5 Å². The topological polar surface area (TPSA) is 41.6 Å². The Morgan fingerprint density at radius 2 is 1.75 bits per heavy atom. The third-order valence-electron chi connectivity index (χ3n) is 3.74. The summed E-state index contributed by atoms with van der Waals surface area (Å²) in [7, 11) is 0. The predicted octanol–water partition coefficient (Wildman–Crippen LogP) is 4.32. The van der Waals surface area contributed by atoms with Crippen LogP contribution in [0.4, 0.5) is 0 Å². The minimum absolute atomic E-state index is 0.207. The molecule has 0 saturated carbocycles. The van der Waals surface area contributed by atoms with Crippen molar-refractivity contribution in [1.29, 1.82) is 0 Å². The van der Waals surface area contributed by atoms with Crippen molar-refractivity contribution in [2.24, 2.45) is 0 Å². The van der Waals surface area contributed by atoms with Gasteiger partial charge in [0.25, 0.3) is 0 Å². The van der Waals surface area contributed by atoms with Crippen molar-refractivity contribution in [3.05, 3.63) is 59.9 Å². The average molecular weight is 279 g/mol. The molecule has 0 aliphatic carbocycles. The predicted molar refractivity (Wildman–Crippen MR) is 83.2 cm³/mol. The molecule has 0 radical (unpaired) electrons. The first-order valence-corrected chi connectivity index (χ1v) is 7.39. The first-order chi connectivity index (χ1) is 9.84. The Morgan fingerprint density at radius 3 is 2.65 bits per heavy atom. The van der Waals surface area contributed by atoms with E-state index < -0.39 is 0 Å². The van der Waals surface area contributed by atoms with Crippen molar-refractivity contribution in [3.63, 3.8) is 0 Å². The quantitative estimate of drug-likeness (QED) is 0.593. The SMILES string of the molecule is CC(c1[nH]nc2ccccc12)c1nsc2ccccc12. The van der Waals surface area contributed by atoms with E-state index >= 15 is 0 Å². The molecule has 4 heteroatoms. The maximum absolute atomic E-state index is 4.65. The van der Waals surface area contributed by atoms with E-state index in [4.69, 9.17) is 0 Å². The lowest BCUT2D eigenvalue weighted by molar-refractivity contribution is 0.849. The molecular formula is C16H13N3S. The van der Waals surface area contributed by atoms with Crippen molar-refractivity contribution >= 4 is 32.5 Å². The summed E-state index contributed by atoms with van der Waals surface area (Å²) in [6.07, 6.45) is 0. The molecule has 0 amide bonds. The van der Waals surface area contributed by atoms with Gasteiger partial charge in [-0.25, -0.2) is 0 Å². The van der Waals surface area contributed by atoms with Gasteiger partial charge in [0.15, 0.2) is 0 Å². The molecule has 1 N–H and O–H groups in total. The number of aromatic nitrogens is 3. The van der Waals surface area contributed by atoms with Gasteiger partial charge in [-0.2, -0.15) is 9.47 Å². The first kappa shape index (κ1) is 11.6. The first-order valence-electron chi connectivity index (χ1n) is 6.62. The van der Waals surface area contributed by atoms with Crippen molar-refractivity contribution < 1.29 is 0 Å². The molecular weight excluding hydrogens is 266 g/mol. The fourth-order valence-electron chi connectivity index (χ4n) is 2.66. The maximum atomic E-state index is 4.65. The van der Waals surface area contributed by atoms with Gasteiger partial charge in [0, 0.05) is 16.7 Å². The fraction of sp³-hybridized carbons (Fsp3) is 0.125. The zero-order valence-electron chi connectivity index (χ0n) is 11.0. The van der Waals surface area contributed by atoms with E-state index in [9.17, 15) is 0 Å². The molecule has 0 saturated heterocycles. The van der Waals surface area contributed by atoms with E-state index in [-0.39, 0.29) is 5.92 Å². The third kappa shape index (κ3) is 1.65. The van der Waals surface area contributed by atoms with Gasteiger partial charge in [-0.05, 0) is 23.7 Å². The number of nitrogens with zero attached hydrogens (tertiary/aromatic N) is 2. The average Bonchev–Trinajstić information content (AvgIpc) is 3.11. The van der Waals surface area contributed by atoms with Gasteiger partial charge in [-0.1, -0.05) is 43.3 Å². The van der Waals surface area contributed by atoms with Crippen LogP contribution in [0.15, 0.2) is 48.5 Å². The summed E-state index contributed by atoms with van der Waals surface area (Å²) in [6.45, 7) is 2.18. The highest BCUT2D eigenvalue weighted by molar-refractivity contribution is 7.13. The largest absolute Gasteiger partial charge is 0.281 e. The second kappa shape index (κ2) is 4.42. The van der Waals surface area contributed by atoms with Gasteiger partial charge in [0.1, 0.15) is 0 Å². The van der Waals surface area contributed by atoms with Crippen LogP contribution in [-0.2, 0) is 0 Å². The third-order valence-corrected chi connectivity index (χ3v) is 4.58. The Bertz CT molecular complexity index is 817. The van der Waals surface area contributed by atoms with Gasteiger partial charge < -0.3 is 0 Å². The second-order valence-corrected chi connectivity index (χ2v) is 5.75. The van der Waals surface area contributed by atoms with Gasteiger partial charge in [0.05, 0.1) is 21.6 Å².